The Labute approximate surface area is 122 Å². The zero-order valence-corrected chi connectivity index (χ0v) is 13.6. The van der Waals surface area contributed by atoms with E-state index in [1.54, 1.807) is 4.90 Å². The molecular formula is C12H26N4O3S. The van der Waals surface area contributed by atoms with Crippen molar-refractivity contribution in [2.45, 2.75) is 13.8 Å². The van der Waals surface area contributed by atoms with Crippen LogP contribution in [0.1, 0.15) is 13.8 Å². The first kappa shape index (κ1) is 17.4. The van der Waals surface area contributed by atoms with Gasteiger partial charge in [0.15, 0.2) is 0 Å². The molecule has 1 fully saturated rings. The van der Waals surface area contributed by atoms with Crippen LogP contribution in [0.5, 0.6) is 0 Å². The van der Waals surface area contributed by atoms with Crippen molar-refractivity contribution in [3.63, 3.8) is 0 Å². The Kier molecular flexibility index (Phi) is 6.38. The predicted octanol–water partition coefficient (Wildman–Crippen LogP) is -0.817. The van der Waals surface area contributed by atoms with Crippen LogP contribution in [0, 0.1) is 5.92 Å². The predicted molar refractivity (Wildman–Crippen MR) is 78.5 cm³/mol. The van der Waals surface area contributed by atoms with Crippen LogP contribution in [0.15, 0.2) is 0 Å². The fourth-order valence-corrected chi connectivity index (χ4v) is 3.22. The van der Waals surface area contributed by atoms with Crippen LogP contribution in [-0.4, -0.2) is 81.2 Å². The molecule has 0 radical (unpaired) electrons. The molecule has 0 aromatic carbocycles. The lowest BCUT2D eigenvalue weighted by molar-refractivity contribution is -0.136. The van der Waals surface area contributed by atoms with Gasteiger partial charge in [-0.3, -0.25) is 4.79 Å². The lowest BCUT2D eigenvalue weighted by Crippen LogP contribution is -2.54. The van der Waals surface area contributed by atoms with Gasteiger partial charge in [-0.1, -0.05) is 13.8 Å². The van der Waals surface area contributed by atoms with Gasteiger partial charge in [-0.05, 0) is 6.54 Å². The molecule has 1 heterocycles. The van der Waals surface area contributed by atoms with E-state index in [1.165, 1.54) is 22.7 Å². The molecule has 1 aliphatic rings. The fourth-order valence-electron chi connectivity index (χ4n) is 2.13. The summed E-state index contributed by atoms with van der Waals surface area (Å²) in [7, 11) is -0.329. The highest BCUT2D eigenvalue weighted by atomic mass is 32.2. The van der Waals surface area contributed by atoms with E-state index in [2.05, 4.69) is 5.32 Å². The van der Waals surface area contributed by atoms with Crippen molar-refractivity contribution >= 4 is 16.1 Å². The second-order valence-corrected chi connectivity index (χ2v) is 7.37. The van der Waals surface area contributed by atoms with Crippen molar-refractivity contribution in [2.24, 2.45) is 5.92 Å². The third-order valence-corrected chi connectivity index (χ3v) is 5.40. The molecule has 20 heavy (non-hydrogen) atoms. The number of amides is 1. The average Bonchev–Trinajstić information content (AvgIpc) is 2.43. The first-order valence-electron chi connectivity index (χ1n) is 6.97. The maximum absolute atomic E-state index is 12.2. The lowest BCUT2D eigenvalue weighted by atomic mass is 10.1. The van der Waals surface area contributed by atoms with Crippen LogP contribution in [0.4, 0.5) is 0 Å². The van der Waals surface area contributed by atoms with Gasteiger partial charge in [0.05, 0.1) is 0 Å². The number of piperazine rings is 1. The summed E-state index contributed by atoms with van der Waals surface area (Å²) in [5, 5.41) is 3.16. The van der Waals surface area contributed by atoms with Crippen LogP contribution in [0.3, 0.4) is 0 Å². The van der Waals surface area contributed by atoms with Gasteiger partial charge in [0.25, 0.3) is 10.2 Å². The summed E-state index contributed by atoms with van der Waals surface area (Å²) in [5.74, 6) is 0.0137. The highest BCUT2D eigenvalue weighted by molar-refractivity contribution is 7.86. The van der Waals surface area contributed by atoms with E-state index < -0.39 is 10.2 Å². The Bertz CT molecular complexity index is 416. The molecule has 0 saturated carbocycles. The molecule has 1 aliphatic heterocycles. The Morgan fingerprint density at radius 2 is 1.80 bits per heavy atom. The topological polar surface area (TPSA) is 73.0 Å². The van der Waals surface area contributed by atoms with Crippen LogP contribution < -0.4 is 5.32 Å². The number of hydrogen-bond acceptors (Lipinski definition) is 4. The van der Waals surface area contributed by atoms with Crippen LogP contribution >= 0.6 is 0 Å². The van der Waals surface area contributed by atoms with Crippen LogP contribution in [0.25, 0.3) is 0 Å². The van der Waals surface area contributed by atoms with E-state index in [4.69, 9.17) is 0 Å². The molecular weight excluding hydrogens is 280 g/mol. The minimum atomic E-state index is -3.37. The Hall–Kier alpha value is -0.700. The number of rotatable bonds is 6. The standard InChI is InChI=1S/C12H26N4O3S/c1-5-13-10-11(2)12(17)15-6-8-16(9-7-15)20(18,19)14(3)4/h11,13H,5-10H2,1-4H3. The zero-order chi connectivity index (χ0) is 15.3. The summed E-state index contributed by atoms with van der Waals surface area (Å²) < 4.78 is 26.6. The average molecular weight is 306 g/mol. The molecule has 8 heteroatoms. The van der Waals surface area contributed by atoms with E-state index in [0.717, 1.165) is 6.54 Å². The van der Waals surface area contributed by atoms with E-state index in [1.807, 2.05) is 13.8 Å². The van der Waals surface area contributed by atoms with Crippen molar-refractivity contribution in [3.05, 3.63) is 0 Å². The van der Waals surface area contributed by atoms with Crippen LogP contribution in [0.2, 0.25) is 0 Å². The third kappa shape index (κ3) is 4.15. The zero-order valence-electron chi connectivity index (χ0n) is 12.8. The molecule has 0 spiro atoms. The smallest absolute Gasteiger partial charge is 0.281 e. The van der Waals surface area contributed by atoms with Gasteiger partial charge < -0.3 is 10.2 Å². The van der Waals surface area contributed by atoms with Gasteiger partial charge in [-0.15, -0.1) is 0 Å². The van der Waals surface area contributed by atoms with Crippen LogP contribution in [-0.2, 0) is 15.0 Å². The quantitative estimate of drug-likeness (QED) is 0.696. The monoisotopic (exact) mass is 306 g/mol. The SMILES string of the molecule is CCNCC(C)C(=O)N1CCN(S(=O)(=O)N(C)C)CC1. The molecule has 0 bridgehead atoms. The van der Waals surface area contributed by atoms with E-state index in [9.17, 15) is 13.2 Å². The molecule has 1 rings (SSSR count). The number of carbonyl (C=O) groups excluding carboxylic acids is 1. The molecule has 118 valence electrons. The number of nitrogens with zero attached hydrogens (tertiary/aromatic N) is 3. The Morgan fingerprint density at radius 1 is 1.25 bits per heavy atom. The summed E-state index contributed by atoms with van der Waals surface area (Å²) in [6.45, 7) is 7.04. The highest BCUT2D eigenvalue weighted by Crippen LogP contribution is 2.11. The molecule has 7 nitrogen and oxygen atoms in total. The van der Waals surface area contributed by atoms with Crippen molar-refractivity contribution in [1.29, 1.82) is 0 Å². The summed E-state index contributed by atoms with van der Waals surface area (Å²) in [6.07, 6.45) is 0. The third-order valence-electron chi connectivity index (χ3n) is 3.46. The van der Waals surface area contributed by atoms with Crippen molar-refractivity contribution < 1.29 is 13.2 Å². The maximum atomic E-state index is 12.2. The van der Waals surface area contributed by atoms with E-state index in [0.29, 0.717) is 32.7 Å². The van der Waals surface area contributed by atoms with Gasteiger partial charge in [0, 0.05) is 52.7 Å². The number of hydrogen-bond donors (Lipinski definition) is 1. The minimum absolute atomic E-state index is 0.0769. The van der Waals surface area contributed by atoms with Gasteiger partial charge in [0.2, 0.25) is 5.91 Å². The molecule has 1 atom stereocenters. The van der Waals surface area contributed by atoms with Crippen molar-refractivity contribution in [3.8, 4) is 0 Å². The van der Waals surface area contributed by atoms with Gasteiger partial charge >= 0.3 is 0 Å². The Morgan fingerprint density at radius 3 is 2.25 bits per heavy atom. The molecule has 0 aromatic heterocycles. The normalized spacial score (nSPS) is 19.4. The second kappa shape index (κ2) is 7.35. The first-order valence-corrected chi connectivity index (χ1v) is 8.37. The van der Waals surface area contributed by atoms with Gasteiger partial charge in [-0.25, -0.2) is 0 Å². The first-order chi connectivity index (χ1) is 9.30. The maximum Gasteiger partial charge on any atom is 0.281 e. The number of carbonyl (C=O) groups is 1. The minimum Gasteiger partial charge on any atom is -0.340 e. The molecule has 1 N–H and O–H groups in total. The van der Waals surface area contributed by atoms with Crippen molar-refractivity contribution in [2.75, 3.05) is 53.4 Å². The molecule has 0 aromatic rings. The fraction of sp³-hybridized carbons (Fsp3) is 0.917. The molecule has 1 amide bonds. The summed E-state index contributed by atoms with van der Waals surface area (Å²) in [4.78, 5) is 14.0. The molecule has 1 unspecified atom stereocenters. The summed E-state index contributed by atoms with van der Waals surface area (Å²) in [6, 6.07) is 0. The highest BCUT2D eigenvalue weighted by Gasteiger charge is 2.31. The summed E-state index contributed by atoms with van der Waals surface area (Å²) >= 11 is 0. The lowest BCUT2D eigenvalue weighted by Gasteiger charge is -2.36. The van der Waals surface area contributed by atoms with Gasteiger partial charge in [0.1, 0.15) is 0 Å². The van der Waals surface area contributed by atoms with Crippen molar-refractivity contribution in [1.82, 2.24) is 18.8 Å². The second-order valence-electron chi connectivity index (χ2n) is 5.22. The van der Waals surface area contributed by atoms with E-state index >= 15 is 0 Å². The molecule has 1 saturated heterocycles. The van der Waals surface area contributed by atoms with Gasteiger partial charge in [-0.2, -0.15) is 17.0 Å². The number of nitrogens with one attached hydrogen (secondary N) is 1. The largest absolute Gasteiger partial charge is 0.340 e. The summed E-state index contributed by atoms with van der Waals surface area (Å²) in [5.41, 5.74) is 0. The Balaban J connectivity index is 2.52. The molecule has 0 aliphatic carbocycles. The van der Waals surface area contributed by atoms with E-state index in [-0.39, 0.29) is 11.8 Å².